The summed E-state index contributed by atoms with van der Waals surface area (Å²) in [5, 5.41) is 21.2. The van der Waals surface area contributed by atoms with Gasteiger partial charge >= 0.3 is 5.97 Å². The number of rotatable bonds is 12. The van der Waals surface area contributed by atoms with Gasteiger partial charge in [0.05, 0.1) is 20.1 Å². The molecule has 5 N–H and O–H groups in total. The minimum absolute atomic E-state index is 0.0527. The van der Waals surface area contributed by atoms with Crippen molar-refractivity contribution < 1.29 is 62.6 Å². The normalized spacial score (nSPS) is 26.7. The van der Waals surface area contributed by atoms with Gasteiger partial charge in [-0.3, -0.25) is 52.7 Å². The molecule has 2 aliphatic rings. The Morgan fingerprint density at radius 3 is 1.65 bits per heavy atom. The molecule has 80 heavy (non-hydrogen) atoms. The number of fused-ring (bicyclic) bond motifs is 1. The van der Waals surface area contributed by atoms with Gasteiger partial charge in [-0.25, -0.2) is 0 Å². The van der Waals surface area contributed by atoms with Crippen LogP contribution in [0.1, 0.15) is 120 Å². The maximum Gasteiger partial charge on any atom is 0.305 e. The smallest absolute Gasteiger partial charge is 0.305 e. The summed E-state index contributed by atoms with van der Waals surface area (Å²) in [6.07, 6.45) is 1.14. The minimum Gasteiger partial charge on any atom is -0.497 e. The van der Waals surface area contributed by atoms with Gasteiger partial charge in [-0.2, -0.15) is 0 Å². The zero-order chi connectivity index (χ0) is 60.8. The summed E-state index contributed by atoms with van der Waals surface area (Å²) in [5.41, 5.74) is 0.621. The van der Waals surface area contributed by atoms with Crippen molar-refractivity contribution in [1.29, 1.82) is 0 Å². The Morgan fingerprint density at radius 2 is 1.12 bits per heavy atom. The quantitative estimate of drug-likeness (QED) is 0.200. The molecule has 23 nitrogen and oxygen atoms in total. The average Bonchev–Trinajstić information content (AvgIpc) is 3.41. The summed E-state index contributed by atoms with van der Waals surface area (Å²) in [5.74, 6) is -10.8. The van der Waals surface area contributed by atoms with Crippen LogP contribution in [0.3, 0.4) is 0 Å². The third-order valence-electron chi connectivity index (χ3n) is 15.9. The molecule has 1 aromatic carbocycles. The number of nitrogens with zero attached hydrogens (tertiary/aromatic N) is 6. The number of carboxylic acid groups (broad SMARTS) is 1. The first-order chi connectivity index (χ1) is 37.4. The summed E-state index contributed by atoms with van der Waals surface area (Å²) < 4.78 is 5.32. The Bertz CT molecular complexity index is 2380. The van der Waals surface area contributed by atoms with Gasteiger partial charge in [-0.1, -0.05) is 94.2 Å². The van der Waals surface area contributed by atoms with E-state index in [0.717, 1.165) is 14.7 Å². The van der Waals surface area contributed by atoms with E-state index in [4.69, 9.17) is 4.74 Å². The molecule has 0 aromatic heterocycles. The predicted octanol–water partition coefficient (Wildman–Crippen LogP) is 1.89. The van der Waals surface area contributed by atoms with Gasteiger partial charge in [0.25, 0.3) is 0 Å². The summed E-state index contributed by atoms with van der Waals surface area (Å²) in [6, 6.07) is -4.68. The van der Waals surface area contributed by atoms with Crippen molar-refractivity contribution >= 4 is 65.0 Å². The molecule has 448 valence electrons. The van der Waals surface area contributed by atoms with Crippen molar-refractivity contribution in [1.82, 2.24) is 50.7 Å². The van der Waals surface area contributed by atoms with Gasteiger partial charge in [0.15, 0.2) is 0 Å². The van der Waals surface area contributed by atoms with Crippen molar-refractivity contribution in [3.05, 3.63) is 29.8 Å². The van der Waals surface area contributed by atoms with Crippen molar-refractivity contribution in [2.75, 3.05) is 55.4 Å². The van der Waals surface area contributed by atoms with Gasteiger partial charge in [0.1, 0.15) is 60.1 Å². The third kappa shape index (κ3) is 16.6. The fraction of sp³-hybridized carbons (Fsp3) is 0.702. The Morgan fingerprint density at radius 1 is 0.600 bits per heavy atom. The van der Waals surface area contributed by atoms with E-state index in [2.05, 4.69) is 21.3 Å². The second-order valence-electron chi connectivity index (χ2n) is 22.8. The number of methoxy groups -OCH3 is 1. The van der Waals surface area contributed by atoms with Gasteiger partial charge < -0.3 is 60.5 Å². The summed E-state index contributed by atoms with van der Waals surface area (Å²) >= 11 is 0. The number of aliphatic carboxylic acids is 1. The number of hydrogen-bond donors (Lipinski definition) is 5. The molecule has 0 saturated carbocycles. The van der Waals surface area contributed by atoms with Crippen LogP contribution in [-0.4, -0.2) is 209 Å². The van der Waals surface area contributed by atoms with E-state index in [9.17, 15) is 57.8 Å². The number of carbonyl (C=O) groups excluding carboxylic acids is 10. The number of carboxylic acids is 1. The zero-order valence-corrected chi connectivity index (χ0v) is 50.3. The second kappa shape index (κ2) is 30.1. The molecule has 10 amide bonds. The molecule has 11 atom stereocenters. The van der Waals surface area contributed by atoms with Crippen LogP contribution in [0.15, 0.2) is 24.3 Å². The molecule has 2 heterocycles. The van der Waals surface area contributed by atoms with E-state index in [1.54, 1.807) is 86.6 Å². The van der Waals surface area contributed by atoms with Crippen LogP contribution in [0.25, 0.3) is 0 Å². The largest absolute Gasteiger partial charge is 0.497 e. The zero-order valence-electron chi connectivity index (χ0n) is 50.3. The van der Waals surface area contributed by atoms with Crippen LogP contribution in [0, 0.1) is 29.6 Å². The van der Waals surface area contributed by atoms with Gasteiger partial charge in [-0.05, 0) is 73.5 Å². The number of carbonyl (C=O) groups is 11. The van der Waals surface area contributed by atoms with E-state index in [1.807, 2.05) is 6.92 Å². The maximum atomic E-state index is 14.9. The maximum absolute atomic E-state index is 14.9. The highest BCUT2D eigenvalue weighted by molar-refractivity contribution is 6.00. The number of nitrogens with one attached hydrogen (secondary N) is 4. The SMILES string of the molecule is CCC(C)[C@H]1C(=O)NCC(=O)N(C)[C@@H](C(C)C)C(=O)N[C@@H](Cc2ccc(OC)cc2)C(=O)N[C@H](C)C(=O)N2CCCCC2C(=O)N(C)[C@@H](C(C)C)C(=O)N[C@@H](C(C)C)C(=O)N(C)[C@@H](CC(=O)O)C(=O)N(C)[C@@H](C(C)CC)C(=O)N1C. The molecule has 0 spiro atoms. The lowest BCUT2D eigenvalue weighted by Gasteiger charge is -2.41. The first-order valence-electron chi connectivity index (χ1n) is 28.0. The number of benzene rings is 1. The number of ether oxygens (including phenoxy) is 1. The molecule has 23 heteroatoms. The van der Waals surface area contributed by atoms with Crippen LogP contribution >= 0.6 is 0 Å². The van der Waals surface area contributed by atoms with Crippen LogP contribution in [-0.2, 0) is 59.2 Å². The summed E-state index contributed by atoms with van der Waals surface area (Å²) in [4.78, 5) is 165. The number of hydrogen-bond acceptors (Lipinski definition) is 12. The molecular formula is C57H92N10O13. The first-order valence-corrected chi connectivity index (χ1v) is 28.0. The second-order valence-corrected chi connectivity index (χ2v) is 22.8. The highest BCUT2D eigenvalue weighted by Gasteiger charge is 2.45. The van der Waals surface area contributed by atoms with Crippen LogP contribution in [0.5, 0.6) is 5.75 Å². The average molecular weight is 1130 g/mol. The number of piperidine rings is 1. The molecule has 2 aliphatic heterocycles. The standard InChI is InChI=1S/C57H92N10O13/c1-18-34(9)47-50(72)58-30-42(68)63(13)45(32(5)6)51(73)60-39(28-37-23-25-38(80-17)26-24-37)49(71)59-36(11)53(75)67-27-21-20-22-40(67)54(76)64(14)46(33(7)8)52(74)61-44(31(3)4)56(78)62(12)41(29-43(69)70)55(77)66(16)48(35(10)19-2)57(79)65(47)15/h23-26,31-36,39-41,44-48H,18-22,27-30H2,1-17H3,(H,58,72)(H,59,71)(H,60,73)(H,61,74)(H,69,70)/t34?,35?,36-,39+,40?,41+,44+,45+,46+,47+,48+/m1/s1. The lowest BCUT2D eigenvalue weighted by atomic mass is 9.92. The van der Waals surface area contributed by atoms with Crippen LogP contribution in [0.2, 0.25) is 0 Å². The van der Waals surface area contributed by atoms with Crippen molar-refractivity contribution in [3.63, 3.8) is 0 Å². The van der Waals surface area contributed by atoms with E-state index >= 15 is 0 Å². The lowest BCUT2D eigenvalue weighted by molar-refractivity contribution is -0.157. The van der Waals surface area contributed by atoms with E-state index in [1.165, 1.54) is 64.0 Å². The molecule has 3 unspecified atom stereocenters. The molecule has 1 aromatic rings. The van der Waals surface area contributed by atoms with Crippen molar-refractivity contribution in [2.45, 2.75) is 175 Å². The number of likely N-dealkylation sites (N-methyl/N-ethyl adjacent to an activating group) is 5. The third-order valence-corrected chi connectivity index (χ3v) is 15.9. The molecule has 3 rings (SSSR count). The van der Waals surface area contributed by atoms with Crippen LogP contribution < -0.4 is 26.0 Å². The molecule has 2 saturated heterocycles. The Kier molecular flexibility index (Phi) is 25.4. The topological polar surface area (TPSA) is 285 Å². The number of amides is 10. The van der Waals surface area contributed by atoms with E-state index < -0.39 is 162 Å². The summed E-state index contributed by atoms with van der Waals surface area (Å²) in [7, 11) is 8.29. The Hall–Kier alpha value is -6.81. The molecule has 0 bridgehead atoms. The first kappa shape index (κ1) is 67.5. The minimum atomic E-state index is -1.69. The van der Waals surface area contributed by atoms with Gasteiger partial charge in [-0.15, -0.1) is 0 Å². The molecule has 0 radical (unpaired) electrons. The fourth-order valence-corrected chi connectivity index (χ4v) is 10.8. The monoisotopic (exact) mass is 1120 g/mol. The molecule has 0 aliphatic carbocycles. The highest BCUT2D eigenvalue weighted by atomic mass is 16.5. The molecule has 2 fully saturated rings. The summed E-state index contributed by atoms with van der Waals surface area (Å²) in [6.45, 7) is 18.2. The highest BCUT2D eigenvalue weighted by Crippen LogP contribution is 2.26. The predicted molar refractivity (Wildman–Crippen MR) is 299 cm³/mol. The Labute approximate surface area is 472 Å². The fourth-order valence-electron chi connectivity index (χ4n) is 10.8. The van der Waals surface area contributed by atoms with E-state index in [0.29, 0.717) is 37.0 Å². The van der Waals surface area contributed by atoms with Crippen LogP contribution in [0.4, 0.5) is 0 Å². The molecular weight excluding hydrogens is 1030 g/mol. The lowest BCUT2D eigenvalue weighted by Crippen LogP contribution is -2.63. The van der Waals surface area contributed by atoms with Crippen molar-refractivity contribution in [3.8, 4) is 5.75 Å². The van der Waals surface area contributed by atoms with Crippen molar-refractivity contribution in [2.24, 2.45) is 29.6 Å². The Balaban J connectivity index is 2.27. The van der Waals surface area contributed by atoms with Gasteiger partial charge in [0, 0.05) is 48.2 Å². The van der Waals surface area contributed by atoms with E-state index in [-0.39, 0.29) is 19.4 Å². The van der Waals surface area contributed by atoms with Gasteiger partial charge in [0.2, 0.25) is 59.1 Å².